The third-order valence-electron chi connectivity index (χ3n) is 2.76. The fourth-order valence-corrected chi connectivity index (χ4v) is 2.80. The Hall–Kier alpha value is -0.580. The van der Waals surface area contributed by atoms with E-state index in [-0.39, 0.29) is 0 Å². The smallest absolute Gasteiger partial charge is 0.117 e. The van der Waals surface area contributed by atoms with Crippen LogP contribution in [0.3, 0.4) is 0 Å². The van der Waals surface area contributed by atoms with Crippen LogP contribution in [-0.2, 0) is 4.84 Å². The van der Waals surface area contributed by atoms with Crippen molar-refractivity contribution in [3.8, 4) is 0 Å². The lowest BCUT2D eigenvalue weighted by Crippen LogP contribution is -2.32. The number of rotatable bonds is 1. The van der Waals surface area contributed by atoms with E-state index >= 15 is 0 Å². The molecular formula is C9H12N2OS. The van der Waals surface area contributed by atoms with E-state index in [0.717, 1.165) is 19.7 Å². The van der Waals surface area contributed by atoms with Gasteiger partial charge in [0, 0.05) is 19.0 Å². The molecule has 2 fully saturated rings. The van der Waals surface area contributed by atoms with Crippen LogP contribution in [0.4, 0.5) is 5.00 Å². The number of fused-ring (bicyclic) bond motifs is 1. The van der Waals surface area contributed by atoms with Crippen LogP contribution in [0.5, 0.6) is 0 Å². The molecule has 70 valence electrons. The first-order chi connectivity index (χ1) is 6.45. The molecule has 2 aliphatic heterocycles. The van der Waals surface area contributed by atoms with E-state index in [1.807, 2.05) is 0 Å². The van der Waals surface area contributed by atoms with E-state index < -0.39 is 0 Å². The van der Waals surface area contributed by atoms with Gasteiger partial charge in [-0.3, -0.25) is 4.84 Å². The number of hydrogen-bond donors (Lipinski definition) is 1. The van der Waals surface area contributed by atoms with Crippen LogP contribution < -0.4 is 10.4 Å². The van der Waals surface area contributed by atoms with Crippen molar-refractivity contribution in [1.82, 2.24) is 5.32 Å². The van der Waals surface area contributed by atoms with Gasteiger partial charge in [-0.05, 0) is 17.5 Å². The molecule has 0 spiro atoms. The Bertz CT molecular complexity index is 288. The Morgan fingerprint density at radius 1 is 1.54 bits per heavy atom. The Labute approximate surface area is 81.3 Å². The second-order valence-electron chi connectivity index (χ2n) is 3.56. The highest BCUT2D eigenvalue weighted by Gasteiger charge is 2.39. The quantitative estimate of drug-likeness (QED) is 0.727. The van der Waals surface area contributed by atoms with Gasteiger partial charge in [0.1, 0.15) is 5.00 Å². The first-order valence-corrected chi connectivity index (χ1v) is 5.49. The van der Waals surface area contributed by atoms with E-state index in [4.69, 9.17) is 4.84 Å². The van der Waals surface area contributed by atoms with Gasteiger partial charge in [0.2, 0.25) is 0 Å². The van der Waals surface area contributed by atoms with Crippen molar-refractivity contribution in [1.29, 1.82) is 0 Å². The van der Waals surface area contributed by atoms with Gasteiger partial charge >= 0.3 is 0 Å². The number of anilines is 1. The lowest BCUT2D eigenvalue weighted by Gasteiger charge is -2.20. The molecule has 1 aromatic rings. The monoisotopic (exact) mass is 196 g/mol. The molecule has 4 heteroatoms. The van der Waals surface area contributed by atoms with Gasteiger partial charge in [-0.2, -0.15) is 0 Å². The molecule has 13 heavy (non-hydrogen) atoms. The Morgan fingerprint density at radius 3 is 3.38 bits per heavy atom. The van der Waals surface area contributed by atoms with Crippen molar-refractivity contribution < 1.29 is 4.84 Å². The summed E-state index contributed by atoms with van der Waals surface area (Å²) in [6.07, 6.45) is 0. The second-order valence-corrected chi connectivity index (χ2v) is 4.48. The van der Waals surface area contributed by atoms with Crippen LogP contribution in [0.25, 0.3) is 0 Å². The summed E-state index contributed by atoms with van der Waals surface area (Å²) < 4.78 is 0. The summed E-state index contributed by atoms with van der Waals surface area (Å²) in [7, 11) is 0. The third-order valence-corrected chi connectivity index (χ3v) is 3.61. The molecule has 1 N–H and O–H groups in total. The molecule has 2 unspecified atom stereocenters. The van der Waals surface area contributed by atoms with Gasteiger partial charge < -0.3 is 5.32 Å². The average Bonchev–Trinajstić information content (AvgIpc) is 2.79. The molecule has 1 aromatic heterocycles. The number of hydroxylamine groups is 1. The molecule has 2 atom stereocenters. The molecule has 0 amide bonds. The summed E-state index contributed by atoms with van der Waals surface area (Å²) in [6.45, 7) is 3.03. The van der Waals surface area contributed by atoms with Crippen LogP contribution in [-0.4, -0.2) is 25.7 Å². The predicted octanol–water partition coefficient (Wildman–Crippen LogP) is 1.09. The molecule has 2 saturated heterocycles. The topological polar surface area (TPSA) is 24.5 Å². The van der Waals surface area contributed by atoms with E-state index in [1.165, 1.54) is 5.00 Å². The van der Waals surface area contributed by atoms with Crippen molar-refractivity contribution >= 4 is 16.3 Å². The van der Waals surface area contributed by atoms with E-state index in [9.17, 15) is 0 Å². The molecule has 0 aliphatic carbocycles. The zero-order valence-electron chi connectivity index (χ0n) is 7.27. The fourth-order valence-electron chi connectivity index (χ4n) is 2.06. The van der Waals surface area contributed by atoms with Crippen LogP contribution in [0, 0.1) is 5.92 Å². The molecule has 3 rings (SSSR count). The fraction of sp³-hybridized carbons (Fsp3) is 0.556. The first-order valence-electron chi connectivity index (χ1n) is 4.61. The van der Waals surface area contributed by atoms with Gasteiger partial charge in [-0.1, -0.05) is 0 Å². The highest BCUT2D eigenvalue weighted by atomic mass is 32.1. The highest BCUT2D eigenvalue weighted by molar-refractivity contribution is 7.14. The van der Waals surface area contributed by atoms with Gasteiger partial charge in [0.25, 0.3) is 0 Å². The normalized spacial score (nSPS) is 32.5. The molecular weight excluding hydrogens is 184 g/mol. The number of nitrogens with one attached hydrogen (secondary N) is 1. The molecule has 0 radical (unpaired) electrons. The summed E-state index contributed by atoms with van der Waals surface area (Å²) in [5, 5.41) is 8.80. The average molecular weight is 196 g/mol. The second kappa shape index (κ2) is 2.97. The summed E-state index contributed by atoms with van der Waals surface area (Å²) in [6, 6.07) is 4.74. The number of hydrogen-bond acceptors (Lipinski definition) is 4. The Kier molecular flexibility index (Phi) is 1.78. The molecule has 0 aromatic carbocycles. The largest absolute Gasteiger partial charge is 0.314 e. The predicted molar refractivity (Wildman–Crippen MR) is 52.9 cm³/mol. The Morgan fingerprint density at radius 2 is 2.54 bits per heavy atom. The SMILES string of the molecule is c1csc(N2OCC3CNCC32)c1. The zero-order valence-corrected chi connectivity index (χ0v) is 8.09. The van der Waals surface area contributed by atoms with Crippen molar-refractivity contribution in [3.63, 3.8) is 0 Å². The van der Waals surface area contributed by atoms with Crippen molar-refractivity contribution in [2.24, 2.45) is 5.92 Å². The molecule has 2 aliphatic rings. The minimum atomic E-state index is 0.554. The van der Waals surface area contributed by atoms with Crippen molar-refractivity contribution in [2.75, 3.05) is 24.8 Å². The van der Waals surface area contributed by atoms with Crippen molar-refractivity contribution in [3.05, 3.63) is 17.5 Å². The maximum atomic E-state index is 5.67. The third kappa shape index (κ3) is 1.17. The summed E-state index contributed by atoms with van der Waals surface area (Å²) in [4.78, 5) is 5.67. The number of nitrogens with zero attached hydrogens (tertiary/aromatic N) is 1. The summed E-state index contributed by atoms with van der Waals surface area (Å²) in [5.74, 6) is 0.682. The molecule has 3 nitrogen and oxygen atoms in total. The summed E-state index contributed by atoms with van der Waals surface area (Å²) >= 11 is 1.74. The van der Waals surface area contributed by atoms with Crippen molar-refractivity contribution in [2.45, 2.75) is 6.04 Å². The lowest BCUT2D eigenvalue weighted by atomic mass is 10.1. The van der Waals surface area contributed by atoms with Crippen LogP contribution in [0.2, 0.25) is 0 Å². The summed E-state index contributed by atoms with van der Waals surface area (Å²) in [5.41, 5.74) is 0. The Balaban J connectivity index is 1.86. The maximum Gasteiger partial charge on any atom is 0.117 e. The van der Waals surface area contributed by atoms with E-state index in [1.54, 1.807) is 11.3 Å². The zero-order chi connectivity index (χ0) is 8.67. The van der Waals surface area contributed by atoms with Gasteiger partial charge in [0.05, 0.1) is 12.6 Å². The van der Waals surface area contributed by atoms with E-state index in [2.05, 4.69) is 27.9 Å². The lowest BCUT2D eigenvalue weighted by molar-refractivity contribution is 0.150. The highest BCUT2D eigenvalue weighted by Crippen LogP contribution is 2.32. The van der Waals surface area contributed by atoms with Gasteiger partial charge in [-0.25, -0.2) is 5.06 Å². The number of thiophene rings is 1. The van der Waals surface area contributed by atoms with Gasteiger partial charge in [0.15, 0.2) is 0 Å². The van der Waals surface area contributed by atoms with Gasteiger partial charge in [-0.15, -0.1) is 11.3 Å². The maximum absolute atomic E-state index is 5.67. The molecule has 0 bridgehead atoms. The van der Waals surface area contributed by atoms with Crippen LogP contribution in [0.1, 0.15) is 0 Å². The molecule has 3 heterocycles. The van der Waals surface area contributed by atoms with Crippen LogP contribution >= 0.6 is 11.3 Å². The van der Waals surface area contributed by atoms with E-state index in [0.29, 0.717) is 12.0 Å². The minimum Gasteiger partial charge on any atom is -0.314 e. The van der Waals surface area contributed by atoms with Crippen LogP contribution in [0.15, 0.2) is 17.5 Å². The minimum absolute atomic E-state index is 0.554. The first kappa shape index (κ1) is 7.79. The standard InChI is InChI=1S/C9H12N2OS/c1-2-9(13-3-1)11-8-5-10-4-7(8)6-12-11/h1-3,7-8,10H,4-6H2. The molecule has 0 saturated carbocycles.